The average Bonchev–Trinajstić information content (AvgIpc) is 2.37. The Morgan fingerprint density at radius 1 is 1.44 bits per heavy atom. The van der Waals surface area contributed by atoms with Crippen molar-refractivity contribution in [3.63, 3.8) is 0 Å². The van der Waals surface area contributed by atoms with E-state index in [4.69, 9.17) is 0 Å². The number of methoxy groups -OCH3 is 1. The fourth-order valence-corrected chi connectivity index (χ4v) is 2.57. The number of carbonyl (C=O) groups excluding carboxylic acids is 1. The van der Waals surface area contributed by atoms with Crippen LogP contribution in [-0.2, 0) is 4.74 Å². The Balaban J connectivity index is 2.32. The molecule has 1 aliphatic rings. The van der Waals surface area contributed by atoms with E-state index in [9.17, 15) is 9.18 Å². The molecule has 1 aromatic carbocycles. The molecule has 1 aliphatic heterocycles. The van der Waals surface area contributed by atoms with Gasteiger partial charge in [0.1, 0.15) is 5.82 Å². The minimum atomic E-state index is -0.489. The van der Waals surface area contributed by atoms with E-state index in [0.29, 0.717) is 17.4 Å². The SMILES string of the molecule is COC(=O)c1cc(F)cc(C2CCNCC2C)c1. The zero-order valence-corrected chi connectivity index (χ0v) is 10.7. The summed E-state index contributed by atoms with van der Waals surface area (Å²) in [5.74, 6) is -0.132. The third-order valence-electron chi connectivity index (χ3n) is 3.55. The number of esters is 1. The zero-order valence-electron chi connectivity index (χ0n) is 10.7. The molecule has 0 bridgehead atoms. The summed E-state index contributed by atoms with van der Waals surface area (Å²) >= 11 is 0. The van der Waals surface area contributed by atoms with Crippen LogP contribution in [0.4, 0.5) is 4.39 Å². The Morgan fingerprint density at radius 2 is 2.22 bits per heavy atom. The highest BCUT2D eigenvalue weighted by Gasteiger charge is 2.24. The van der Waals surface area contributed by atoms with Crippen molar-refractivity contribution < 1.29 is 13.9 Å². The van der Waals surface area contributed by atoms with Crippen LogP contribution in [-0.4, -0.2) is 26.2 Å². The van der Waals surface area contributed by atoms with Gasteiger partial charge in [0, 0.05) is 0 Å². The largest absolute Gasteiger partial charge is 0.465 e. The van der Waals surface area contributed by atoms with Crippen LogP contribution < -0.4 is 5.32 Å². The van der Waals surface area contributed by atoms with E-state index in [2.05, 4.69) is 17.0 Å². The van der Waals surface area contributed by atoms with Crippen molar-refractivity contribution in [1.29, 1.82) is 0 Å². The van der Waals surface area contributed by atoms with Gasteiger partial charge in [-0.3, -0.25) is 0 Å². The van der Waals surface area contributed by atoms with Gasteiger partial charge < -0.3 is 10.1 Å². The number of halogens is 1. The van der Waals surface area contributed by atoms with Crippen LogP contribution in [0.5, 0.6) is 0 Å². The number of nitrogens with one attached hydrogen (secondary N) is 1. The smallest absolute Gasteiger partial charge is 0.337 e. The summed E-state index contributed by atoms with van der Waals surface area (Å²) in [4.78, 5) is 11.5. The lowest BCUT2D eigenvalue weighted by atomic mass is 9.82. The van der Waals surface area contributed by atoms with E-state index < -0.39 is 5.97 Å². The lowest BCUT2D eigenvalue weighted by Gasteiger charge is -2.30. The summed E-state index contributed by atoms with van der Waals surface area (Å²) < 4.78 is 18.2. The van der Waals surface area contributed by atoms with Gasteiger partial charge in [-0.1, -0.05) is 6.92 Å². The van der Waals surface area contributed by atoms with E-state index in [1.54, 1.807) is 6.07 Å². The molecule has 2 atom stereocenters. The number of hydrogen-bond acceptors (Lipinski definition) is 3. The lowest BCUT2D eigenvalue weighted by molar-refractivity contribution is 0.0600. The first kappa shape index (κ1) is 13.0. The molecule has 3 nitrogen and oxygen atoms in total. The molecular weight excluding hydrogens is 233 g/mol. The maximum absolute atomic E-state index is 13.6. The highest BCUT2D eigenvalue weighted by atomic mass is 19.1. The third-order valence-corrected chi connectivity index (χ3v) is 3.55. The van der Waals surface area contributed by atoms with Crippen LogP contribution in [0.3, 0.4) is 0 Å². The van der Waals surface area contributed by atoms with E-state index in [1.807, 2.05) is 0 Å². The number of ether oxygens (including phenoxy) is 1. The quantitative estimate of drug-likeness (QED) is 0.820. The first-order valence-electron chi connectivity index (χ1n) is 6.21. The first-order chi connectivity index (χ1) is 8.61. The summed E-state index contributed by atoms with van der Waals surface area (Å²) in [5, 5.41) is 3.31. The number of hydrogen-bond donors (Lipinski definition) is 1. The summed E-state index contributed by atoms with van der Waals surface area (Å²) in [6.07, 6.45) is 0.964. The van der Waals surface area contributed by atoms with Crippen molar-refractivity contribution in [2.24, 2.45) is 5.92 Å². The normalized spacial score (nSPS) is 23.7. The molecule has 18 heavy (non-hydrogen) atoms. The molecule has 0 spiro atoms. The molecular formula is C14H18FNO2. The Bertz CT molecular complexity index is 447. The second-order valence-electron chi connectivity index (χ2n) is 4.84. The highest BCUT2D eigenvalue weighted by molar-refractivity contribution is 5.89. The Hall–Kier alpha value is -1.42. The average molecular weight is 251 g/mol. The van der Waals surface area contributed by atoms with Crippen molar-refractivity contribution >= 4 is 5.97 Å². The van der Waals surface area contributed by atoms with Crippen molar-refractivity contribution in [2.45, 2.75) is 19.3 Å². The Morgan fingerprint density at radius 3 is 2.89 bits per heavy atom. The van der Waals surface area contributed by atoms with Crippen LogP contribution in [0.25, 0.3) is 0 Å². The van der Waals surface area contributed by atoms with E-state index in [1.165, 1.54) is 19.2 Å². The van der Waals surface area contributed by atoms with Gasteiger partial charge in [-0.15, -0.1) is 0 Å². The van der Waals surface area contributed by atoms with E-state index in [0.717, 1.165) is 25.1 Å². The minimum absolute atomic E-state index is 0.290. The zero-order chi connectivity index (χ0) is 13.1. The van der Waals surface area contributed by atoms with Gasteiger partial charge in [-0.2, -0.15) is 0 Å². The number of benzene rings is 1. The topological polar surface area (TPSA) is 38.3 Å². The van der Waals surface area contributed by atoms with Crippen LogP contribution in [0.15, 0.2) is 18.2 Å². The van der Waals surface area contributed by atoms with Crippen LogP contribution >= 0.6 is 0 Å². The van der Waals surface area contributed by atoms with Crippen LogP contribution in [0.1, 0.15) is 35.2 Å². The Labute approximate surface area is 106 Å². The predicted octanol–water partition coefficient (Wildman–Crippen LogP) is 2.33. The van der Waals surface area contributed by atoms with Gasteiger partial charge in [-0.25, -0.2) is 9.18 Å². The molecule has 4 heteroatoms. The van der Waals surface area contributed by atoms with Gasteiger partial charge >= 0.3 is 5.97 Å². The molecule has 1 saturated heterocycles. The van der Waals surface area contributed by atoms with Crippen molar-refractivity contribution in [3.05, 3.63) is 35.1 Å². The summed E-state index contributed by atoms with van der Waals surface area (Å²) in [7, 11) is 1.31. The molecule has 98 valence electrons. The van der Waals surface area contributed by atoms with Gasteiger partial charge in [0.15, 0.2) is 0 Å². The first-order valence-corrected chi connectivity index (χ1v) is 6.21. The van der Waals surface area contributed by atoms with Crippen molar-refractivity contribution in [1.82, 2.24) is 5.32 Å². The van der Waals surface area contributed by atoms with Gasteiger partial charge in [0.25, 0.3) is 0 Å². The molecule has 0 radical (unpaired) electrons. The van der Waals surface area contributed by atoms with Gasteiger partial charge in [0.2, 0.25) is 0 Å². The summed E-state index contributed by atoms with van der Waals surface area (Å²) in [6.45, 7) is 3.99. The lowest BCUT2D eigenvalue weighted by Crippen LogP contribution is -2.33. The monoisotopic (exact) mass is 251 g/mol. The molecule has 0 aliphatic carbocycles. The molecule has 0 saturated carbocycles. The molecule has 2 rings (SSSR count). The minimum Gasteiger partial charge on any atom is -0.465 e. The van der Waals surface area contributed by atoms with Gasteiger partial charge in [0.05, 0.1) is 12.7 Å². The Kier molecular flexibility index (Phi) is 3.97. The summed E-state index contributed by atoms with van der Waals surface area (Å²) in [6, 6.07) is 4.50. The van der Waals surface area contributed by atoms with Crippen molar-refractivity contribution in [3.8, 4) is 0 Å². The number of piperidine rings is 1. The molecule has 1 fully saturated rings. The standard InChI is InChI=1S/C14H18FNO2/c1-9-8-16-4-3-13(9)10-5-11(14(17)18-2)7-12(15)6-10/h5-7,9,13,16H,3-4,8H2,1-2H3. The second kappa shape index (κ2) is 5.48. The van der Waals surface area contributed by atoms with Crippen LogP contribution in [0, 0.1) is 11.7 Å². The van der Waals surface area contributed by atoms with Crippen molar-refractivity contribution in [2.75, 3.05) is 20.2 Å². The maximum atomic E-state index is 13.6. The number of rotatable bonds is 2. The second-order valence-corrected chi connectivity index (χ2v) is 4.84. The molecule has 1 N–H and O–H groups in total. The maximum Gasteiger partial charge on any atom is 0.337 e. The molecule has 1 heterocycles. The molecule has 1 aromatic rings. The number of carbonyl (C=O) groups is 1. The predicted molar refractivity (Wildman–Crippen MR) is 67.1 cm³/mol. The fourth-order valence-electron chi connectivity index (χ4n) is 2.57. The van der Waals surface area contributed by atoms with E-state index in [-0.39, 0.29) is 5.82 Å². The van der Waals surface area contributed by atoms with Crippen LogP contribution in [0.2, 0.25) is 0 Å². The molecule has 0 aromatic heterocycles. The highest BCUT2D eigenvalue weighted by Crippen LogP contribution is 2.31. The fraction of sp³-hybridized carbons (Fsp3) is 0.500. The van der Waals surface area contributed by atoms with Gasteiger partial charge in [-0.05, 0) is 55.1 Å². The van der Waals surface area contributed by atoms with E-state index >= 15 is 0 Å². The molecule has 0 amide bonds. The molecule has 2 unspecified atom stereocenters. The third kappa shape index (κ3) is 2.70. The summed E-state index contributed by atoms with van der Waals surface area (Å²) in [5.41, 5.74) is 1.18.